The zero-order valence-electron chi connectivity index (χ0n) is 12.9. The van der Waals surface area contributed by atoms with Crippen molar-refractivity contribution in [1.82, 2.24) is 4.90 Å². The van der Waals surface area contributed by atoms with Crippen LogP contribution in [0.4, 0.5) is 0 Å². The molecule has 0 bridgehead atoms. The quantitative estimate of drug-likeness (QED) is 0.366. The largest absolute Gasteiger partial charge is 0.409 e. The summed E-state index contributed by atoms with van der Waals surface area (Å²) in [7, 11) is 0. The second-order valence-corrected chi connectivity index (χ2v) is 6.03. The minimum Gasteiger partial charge on any atom is -0.409 e. The molecule has 0 spiro atoms. The zero-order chi connectivity index (χ0) is 15.1. The van der Waals surface area contributed by atoms with E-state index in [1.165, 1.54) is 24.8 Å². The van der Waals surface area contributed by atoms with Gasteiger partial charge in [0.05, 0.1) is 0 Å². The van der Waals surface area contributed by atoms with Gasteiger partial charge < -0.3 is 10.9 Å². The maximum Gasteiger partial charge on any atom is 0.140 e. The van der Waals surface area contributed by atoms with Crippen LogP contribution in [-0.2, 0) is 6.42 Å². The minimum absolute atomic E-state index is 0.341. The Labute approximate surface area is 127 Å². The summed E-state index contributed by atoms with van der Waals surface area (Å²) in [6.07, 6.45) is 5.37. The molecular formula is C17H27N3O. The van der Waals surface area contributed by atoms with Crippen molar-refractivity contribution in [3.63, 3.8) is 0 Å². The van der Waals surface area contributed by atoms with Gasteiger partial charge in [-0.1, -0.05) is 42.4 Å². The molecule has 1 heterocycles. The maximum atomic E-state index is 8.73. The van der Waals surface area contributed by atoms with Gasteiger partial charge in [0.15, 0.2) is 0 Å². The number of likely N-dealkylation sites (tertiary alicyclic amines) is 1. The maximum absolute atomic E-state index is 8.73. The number of amidine groups is 1. The normalized spacial score (nSPS) is 19.6. The van der Waals surface area contributed by atoms with E-state index in [-0.39, 0.29) is 0 Å². The molecule has 3 N–H and O–H groups in total. The van der Waals surface area contributed by atoms with Crippen LogP contribution in [0.15, 0.2) is 35.5 Å². The van der Waals surface area contributed by atoms with Crippen LogP contribution in [-0.4, -0.2) is 35.1 Å². The molecule has 1 atom stereocenters. The highest BCUT2D eigenvalue weighted by atomic mass is 16.4. The van der Waals surface area contributed by atoms with Crippen molar-refractivity contribution >= 4 is 5.84 Å². The molecule has 0 aliphatic carbocycles. The molecule has 4 heteroatoms. The molecule has 1 saturated heterocycles. The van der Waals surface area contributed by atoms with Gasteiger partial charge in [0.2, 0.25) is 0 Å². The van der Waals surface area contributed by atoms with Crippen molar-refractivity contribution in [2.75, 3.05) is 13.1 Å². The number of oxime groups is 1. The lowest BCUT2D eigenvalue weighted by molar-refractivity contribution is 0.131. The molecule has 4 nitrogen and oxygen atoms in total. The average molecular weight is 289 g/mol. The van der Waals surface area contributed by atoms with Crippen molar-refractivity contribution in [2.24, 2.45) is 16.8 Å². The summed E-state index contributed by atoms with van der Waals surface area (Å²) >= 11 is 0. The summed E-state index contributed by atoms with van der Waals surface area (Å²) in [6.45, 7) is 4.41. The van der Waals surface area contributed by atoms with Gasteiger partial charge in [0, 0.05) is 12.5 Å². The fourth-order valence-corrected chi connectivity index (χ4v) is 3.28. The van der Waals surface area contributed by atoms with Crippen molar-refractivity contribution in [3.05, 3.63) is 35.9 Å². The second kappa shape index (κ2) is 8.03. The summed E-state index contributed by atoms with van der Waals surface area (Å²) in [4.78, 5) is 2.50. The van der Waals surface area contributed by atoms with E-state index in [0.29, 0.717) is 18.3 Å². The first-order valence-corrected chi connectivity index (χ1v) is 7.97. The SMILES string of the molecule is CCC(C/C(N)=N/O)N1CCC(Cc2ccccc2)CC1. The number of hydrogen-bond acceptors (Lipinski definition) is 3. The Hall–Kier alpha value is -1.55. The van der Waals surface area contributed by atoms with Crippen LogP contribution in [0.3, 0.4) is 0 Å². The van der Waals surface area contributed by atoms with Gasteiger partial charge in [-0.2, -0.15) is 0 Å². The van der Waals surface area contributed by atoms with E-state index in [9.17, 15) is 0 Å². The van der Waals surface area contributed by atoms with Gasteiger partial charge in [-0.05, 0) is 50.3 Å². The molecule has 0 saturated carbocycles. The Bertz CT molecular complexity index is 439. The Kier molecular flexibility index (Phi) is 6.05. The molecule has 0 amide bonds. The predicted molar refractivity (Wildman–Crippen MR) is 86.5 cm³/mol. The van der Waals surface area contributed by atoms with Crippen LogP contribution in [0.2, 0.25) is 0 Å². The number of hydrogen-bond donors (Lipinski definition) is 2. The molecular weight excluding hydrogens is 262 g/mol. The number of piperidine rings is 1. The first-order chi connectivity index (χ1) is 10.2. The van der Waals surface area contributed by atoms with E-state index in [1.807, 2.05) is 0 Å². The fourth-order valence-electron chi connectivity index (χ4n) is 3.28. The van der Waals surface area contributed by atoms with Gasteiger partial charge in [0.25, 0.3) is 0 Å². The van der Waals surface area contributed by atoms with Crippen LogP contribution in [0.5, 0.6) is 0 Å². The molecule has 116 valence electrons. The lowest BCUT2D eigenvalue weighted by Crippen LogP contribution is -2.43. The van der Waals surface area contributed by atoms with Crippen LogP contribution in [0, 0.1) is 5.92 Å². The molecule has 1 unspecified atom stereocenters. The van der Waals surface area contributed by atoms with E-state index in [0.717, 1.165) is 25.4 Å². The van der Waals surface area contributed by atoms with Gasteiger partial charge in [-0.15, -0.1) is 0 Å². The summed E-state index contributed by atoms with van der Waals surface area (Å²) in [5.74, 6) is 1.12. The van der Waals surface area contributed by atoms with Crippen LogP contribution >= 0.6 is 0 Å². The van der Waals surface area contributed by atoms with Gasteiger partial charge in [0.1, 0.15) is 5.84 Å². The average Bonchev–Trinajstić information content (AvgIpc) is 2.54. The Morgan fingerprint density at radius 1 is 1.33 bits per heavy atom. The summed E-state index contributed by atoms with van der Waals surface area (Å²) in [6, 6.07) is 11.2. The van der Waals surface area contributed by atoms with E-state index < -0.39 is 0 Å². The second-order valence-electron chi connectivity index (χ2n) is 6.03. The monoisotopic (exact) mass is 289 g/mol. The number of nitrogens with two attached hydrogens (primary N) is 1. The van der Waals surface area contributed by atoms with Crippen LogP contribution < -0.4 is 5.73 Å². The van der Waals surface area contributed by atoms with Crippen molar-refractivity contribution in [2.45, 2.75) is 45.1 Å². The first kappa shape index (κ1) is 15.8. The molecule has 1 fully saturated rings. The molecule has 2 rings (SSSR count). The molecule has 0 aromatic heterocycles. The number of rotatable bonds is 6. The van der Waals surface area contributed by atoms with Gasteiger partial charge in [-0.25, -0.2) is 0 Å². The first-order valence-electron chi connectivity index (χ1n) is 7.97. The summed E-state index contributed by atoms with van der Waals surface area (Å²) < 4.78 is 0. The third-order valence-corrected chi connectivity index (χ3v) is 4.58. The van der Waals surface area contributed by atoms with E-state index >= 15 is 0 Å². The fraction of sp³-hybridized carbons (Fsp3) is 0.588. The molecule has 1 aliphatic rings. The zero-order valence-corrected chi connectivity index (χ0v) is 12.9. The molecule has 1 aromatic rings. The Morgan fingerprint density at radius 3 is 2.57 bits per heavy atom. The summed E-state index contributed by atoms with van der Waals surface area (Å²) in [5.41, 5.74) is 7.10. The minimum atomic E-state index is 0.341. The third-order valence-electron chi connectivity index (χ3n) is 4.58. The van der Waals surface area contributed by atoms with Gasteiger partial charge >= 0.3 is 0 Å². The summed E-state index contributed by atoms with van der Waals surface area (Å²) in [5, 5.41) is 11.8. The molecule has 1 aromatic carbocycles. The van der Waals surface area contributed by atoms with E-state index in [4.69, 9.17) is 10.9 Å². The highest BCUT2D eigenvalue weighted by molar-refractivity contribution is 5.80. The predicted octanol–water partition coefficient (Wildman–Crippen LogP) is 2.86. The van der Waals surface area contributed by atoms with E-state index in [1.54, 1.807) is 0 Å². The van der Waals surface area contributed by atoms with Crippen molar-refractivity contribution < 1.29 is 5.21 Å². The van der Waals surface area contributed by atoms with E-state index in [2.05, 4.69) is 47.3 Å². The van der Waals surface area contributed by atoms with Crippen LogP contribution in [0.1, 0.15) is 38.2 Å². The Morgan fingerprint density at radius 2 is 2.00 bits per heavy atom. The highest BCUT2D eigenvalue weighted by Gasteiger charge is 2.24. The number of nitrogens with zero attached hydrogens (tertiary/aromatic N) is 2. The Balaban J connectivity index is 1.82. The van der Waals surface area contributed by atoms with Crippen molar-refractivity contribution in [1.29, 1.82) is 0 Å². The van der Waals surface area contributed by atoms with Gasteiger partial charge in [-0.3, -0.25) is 4.90 Å². The molecule has 1 aliphatic heterocycles. The highest BCUT2D eigenvalue weighted by Crippen LogP contribution is 2.24. The smallest absolute Gasteiger partial charge is 0.140 e. The van der Waals surface area contributed by atoms with Crippen molar-refractivity contribution in [3.8, 4) is 0 Å². The van der Waals surface area contributed by atoms with Crippen LogP contribution in [0.25, 0.3) is 0 Å². The topological polar surface area (TPSA) is 61.9 Å². The molecule has 0 radical (unpaired) electrons. The lowest BCUT2D eigenvalue weighted by Gasteiger charge is -2.37. The third kappa shape index (κ3) is 4.74. The number of benzene rings is 1. The standard InChI is InChI=1S/C17H27N3O/c1-2-16(13-17(18)19-21)20-10-8-15(9-11-20)12-14-6-4-3-5-7-14/h3-7,15-16,21H,2,8-13H2,1H3,(H2,18,19). The lowest BCUT2D eigenvalue weighted by atomic mass is 9.89. The molecule has 21 heavy (non-hydrogen) atoms.